The van der Waals surface area contributed by atoms with Gasteiger partial charge in [0.15, 0.2) is 17.7 Å². The molecule has 5 rings (SSSR count). The van der Waals surface area contributed by atoms with Crippen molar-refractivity contribution in [3.63, 3.8) is 0 Å². The number of Topliss-reactive ketones (excluding diaryl/α,β-unsaturated/α-hetero) is 1. The number of nitrogens with two attached hydrogens (primary N) is 1. The van der Waals surface area contributed by atoms with Crippen LogP contribution in [0.25, 0.3) is 11.2 Å². The number of phosphoric ester groups is 3. The zero-order chi connectivity index (χ0) is 54.7. The van der Waals surface area contributed by atoms with Crippen LogP contribution < -0.4 is 16.4 Å². The molecule has 7 unspecified atom stereocenters. The number of nitrogens with zero attached hydrogens (tertiary/aromatic N) is 4. The summed E-state index contributed by atoms with van der Waals surface area (Å²) in [5.41, 5.74) is 5.76. The Morgan fingerprint density at radius 1 is 0.892 bits per heavy atom. The molecule has 1 aliphatic heterocycles. The third kappa shape index (κ3) is 18.0. The summed E-state index contributed by atoms with van der Waals surface area (Å²) in [6, 6.07) is 8.57. The predicted octanol–water partition coefficient (Wildman–Crippen LogP) is 4.16. The summed E-state index contributed by atoms with van der Waals surface area (Å²) < 4.78 is 62.6. The van der Waals surface area contributed by atoms with Crippen LogP contribution in [0.15, 0.2) is 36.9 Å². The van der Waals surface area contributed by atoms with E-state index in [2.05, 4.69) is 58.7 Å². The van der Waals surface area contributed by atoms with Gasteiger partial charge < -0.3 is 56.0 Å². The number of aliphatic carboxylic acids is 1. The van der Waals surface area contributed by atoms with E-state index in [0.29, 0.717) is 6.42 Å². The van der Waals surface area contributed by atoms with Crippen LogP contribution in [-0.4, -0.2) is 129 Å². The van der Waals surface area contributed by atoms with Gasteiger partial charge in [0, 0.05) is 36.8 Å². The van der Waals surface area contributed by atoms with Crippen molar-refractivity contribution in [2.75, 3.05) is 32.0 Å². The SMILES string of the molecule is CC(C)(CCCCCc1cccc(CCCCCC2(C(=O)CCNC(=O)CCNC(=O)C(O)C(C)(C)COP(=O)(O)OP(=O)(O)OCC3OC(n4cnc5c(N)ncnc54)C(O)C3OP(=O)(O)O)CC2)c1)C(=O)O. The highest BCUT2D eigenvalue weighted by molar-refractivity contribution is 7.61. The van der Waals surface area contributed by atoms with E-state index in [9.17, 15) is 67.8 Å². The van der Waals surface area contributed by atoms with Crippen molar-refractivity contribution in [3.05, 3.63) is 48.0 Å². The number of imidazole rings is 1. The second kappa shape index (κ2) is 25.8. The maximum absolute atomic E-state index is 13.1. The van der Waals surface area contributed by atoms with Gasteiger partial charge in [-0.2, -0.15) is 4.31 Å². The van der Waals surface area contributed by atoms with Crippen LogP contribution in [0, 0.1) is 16.2 Å². The van der Waals surface area contributed by atoms with Gasteiger partial charge >= 0.3 is 29.4 Å². The zero-order valence-electron chi connectivity index (χ0n) is 41.8. The van der Waals surface area contributed by atoms with Crippen molar-refractivity contribution in [3.8, 4) is 0 Å². The highest BCUT2D eigenvalue weighted by atomic mass is 31.3. The minimum Gasteiger partial charge on any atom is -0.481 e. The summed E-state index contributed by atoms with van der Waals surface area (Å²) in [6.07, 6.45) is 3.92. The van der Waals surface area contributed by atoms with Crippen molar-refractivity contribution in [2.24, 2.45) is 16.2 Å². The van der Waals surface area contributed by atoms with Gasteiger partial charge in [0.1, 0.15) is 42.0 Å². The highest BCUT2D eigenvalue weighted by Crippen LogP contribution is 2.61. The lowest BCUT2D eigenvalue weighted by Gasteiger charge is -2.30. The number of amides is 2. The topological polar surface area (TPSA) is 401 Å². The highest BCUT2D eigenvalue weighted by Gasteiger charge is 2.51. The minimum absolute atomic E-state index is 0.0267. The Balaban J connectivity index is 0.956. The van der Waals surface area contributed by atoms with Gasteiger partial charge in [-0.3, -0.25) is 37.3 Å². The number of aliphatic hydroxyl groups is 2. The summed E-state index contributed by atoms with van der Waals surface area (Å²) in [5, 5.41) is 36.0. The largest absolute Gasteiger partial charge is 0.481 e. The van der Waals surface area contributed by atoms with Gasteiger partial charge in [0.25, 0.3) is 0 Å². The molecule has 2 amide bonds. The third-order valence-electron chi connectivity index (χ3n) is 13.2. The molecule has 7 atom stereocenters. The lowest BCUT2D eigenvalue weighted by Crippen LogP contribution is -2.46. The molecular weight excluding hydrogens is 1040 g/mol. The Bertz CT molecular complexity index is 2570. The number of aliphatic hydroxyl groups excluding tert-OH is 2. The standard InChI is InChI=1S/C45H70N7O19P3/c1-43(2,42(58)59)18-9-5-7-12-29-14-11-15-30(24-29)13-8-6-10-19-45(20-21-45)32(53)16-22-47-33(54)17-23-48-40(57)37(56)44(3,4)26-68-74(65,66)71-73(63,64)67-25-31-36(70-72(60,61)62)35(55)41(69-31)52-28-51-34-38(46)49-27-50-39(34)52/h11,14-15,24,27-28,31,35-37,41,55-56H,5-10,12-13,16-23,25-26H2,1-4H3,(H,47,54)(H,48,57)(H,58,59)(H,63,64)(H,65,66)(H2,46,49,50)(H2,60,61,62). The number of hydrogen-bond acceptors (Lipinski definition) is 18. The number of unbranched alkanes of at least 4 members (excludes halogenated alkanes) is 4. The number of fused-ring (bicyclic) bond motifs is 1. The molecule has 2 fully saturated rings. The van der Waals surface area contributed by atoms with E-state index in [0.717, 1.165) is 87.9 Å². The number of aryl methyl sites for hydroxylation is 2. The van der Waals surface area contributed by atoms with Crippen molar-refractivity contribution in [1.82, 2.24) is 30.2 Å². The van der Waals surface area contributed by atoms with Gasteiger partial charge in [0.2, 0.25) is 11.8 Å². The Kier molecular flexibility index (Phi) is 21.2. The van der Waals surface area contributed by atoms with Gasteiger partial charge in [-0.1, -0.05) is 63.8 Å². The predicted molar refractivity (Wildman–Crippen MR) is 263 cm³/mol. The minimum atomic E-state index is -5.60. The lowest BCUT2D eigenvalue weighted by molar-refractivity contribution is -0.147. The van der Waals surface area contributed by atoms with Crippen LogP contribution >= 0.6 is 23.5 Å². The molecule has 26 nitrogen and oxygen atoms in total. The summed E-state index contributed by atoms with van der Waals surface area (Å²) in [5.74, 6) is -2.15. The Labute approximate surface area is 428 Å². The molecule has 3 aromatic rings. The Hall–Kier alpha value is -4.10. The molecule has 11 N–H and O–H groups in total. The Morgan fingerprint density at radius 2 is 1.53 bits per heavy atom. The van der Waals surface area contributed by atoms with E-state index >= 15 is 0 Å². The van der Waals surface area contributed by atoms with Crippen molar-refractivity contribution >= 4 is 64.0 Å². The van der Waals surface area contributed by atoms with Gasteiger partial charge in [-0.05, 0) is 76.3 Å². The number of ether oxygens (including phenoxy) is 1. The molecule has 74 heavy (non-hydrogen) atoms. The van der Waals surface area contributed by atoms with Gasteiger partial charge in [-0.15, -0.1) is 0 Å². The monoisotopic (exact) mass is 1110 g/mol. The molecule has 1 aliphatic carbocycles. The maximum Gasteiger partial charge on any atom is 0.481 e. The molecule has 414 valence electrons. The summed E-state index contributed by atoms with van der Waals surface area (Å²) in [7, 11) is -16.5. The normalized spacial score (nSPS) is 20.9. The number of nitrogens with one attached hydrogen (secondary N) is 2. The number of benzene rings is 1. The number of anilines is 1. The molecule has 2 aliphatic rings. The van der Waals surface area contributed by atoms with Crippen LogP contribution in [0.3, 0.4) is 0 Å². The molecule has 1 saturated carbocycles. The number of rotatable bonds is 33. The molecule has 1 aromatic carbocycles. The van der Waals surface area contributed by atoms with Crippen molar-refractivity contribution in [2.45, 2.75) is 148 Å². The molecule has 0 radical (unpaired) electrons. The summed E-state index contributed by atoms with van der Waals surface area (Å²) in [6.45, 7) is 3.90. The van der Waals surface area contributed by atoms with Crippen molar-refractivity contribution in [1.29, 1.82) is 0 Å². The summed E-state index contributed by atoms with van der Waals surface area (Å²) in [4.78, 5) is 101. The number of carbonyl (C=O) groups is 4. The van der Waals surface area contributed by atoms with E-state index in [4.69, 9.17) is 19.5 Å². The fraction of sp³-hybridized carbons (Fsp3) is 0.667. The first-order valence-electron chi connectivity index (χ1n) is 24.3. The molecule has 2 aromatic heterocycles. The quantitative estimate of drug-likeness (QED) is 0.0302. The van der Waals surface area contributed by atoms with E-state index in [1.54, 1.807) is 13.8 Å². The first-order valence-corrected chi connectivity index (χ1v) is 28.8. The Morgan fingerprint density at radius 3 is 2.16 bits per heavy atom. The molecule has 1 saturated heterocycles. The average Bonchev–Trinajstić information content (AvgIpc) is 3.89. The smallest absolute Gasteiger partial charge is 0.481 e. The summed E-state index contributed by atoms with van der Waals surface area (Å²) >= 11 is 0. The van der Waals surface area contributed by atoms with Crippen LogP contribution in [0.1, 0.15) is 122 Å². The zero-order valence-corrected chi connectivity index (χ0v) is 44.5. The number of phosphoric acid groups is 3. The van der Waals surface area contributed by atoms with Crippen LogP contribution in [-0.2, 0) is 68.3 Å². The van der Waals surface area contributed by atoms with Crippen molar-refractivity contribution < 1.29 is 90.4 Å². The van der Waals surface area contributed by atoms with Crippen LogP contribution in [0.2, 0.25) is 0 Å². The fourth-order valence-electron chi connectivity index (χ4n) is 8.43. The van der Waals surface area contributed by atoms with Crippen LogP contribution in [0.4, 0.5) is 5.82 Å². The van der Waals surface area contributed by atoms with Gasteiger partial charge in [-0.25, -0.2) is 28.6 Å². The third-order valence-corrected chi connectivity index (χ3v) is 16.3. The molecule has 3 heterocycles. The number of carboxylic acid groups (broad SMARTS) is 1. The fourth-order valence-corrected chi connectivity index (χ4v) is 11.3. The lowest BCUT2D eigenvalue weighted by atomic mass is 9.87. The van der Waals surface area contributed by atoms with Gasteiger partial charge in [0.05, 0.1) is 25.0 Å². The number of aromatic nitrogens is 4. The number of hydrogen-bond donors (Lipinski definition) is 10. The number of carbonyl (C=O) groups excluding carboxylic acids is 3. The molecule has 0 spiro atoms. The first-order chi connectivity index (χ1) is 34.5. The average molecular weight is 1110 g/mol. The number of nitrogen functional groups attached to an aromatic ring is 1. The second-order valence-corrected chi connectivity index (χ2v) is 24.4. The first kappa shape index (κ1) is 60.8. The molecular formula is C45H70N7O19P3. The molecule has 29 heteroatoms. The molecule has 0 bridgehead atoms. The number of ketones is 1. The maximum atomic E-state index is 13.1. The van der Waals surface area contributed by atoms with Crippen LogP contribution in [0.5, 0.6) is 0 Å². The van der Waals surface area contributed by atoms with E-state index in [1.165, 1.54) is 25.0 Å². The number of carboxylic acids is 1. The van der Waals surface area contributed by atoms with E-state index in [1.807, 2.05) is 0 Å². The van der Waals surface area contributed by atoms with E-state index in [-0.39, 0.29) is 54.1 Å². The van der Waals surface area contributed by atoms with E-state index < -0.39 is 95.9 Å². The second-order valence-electron chi connectivity index (χ2n) is 20.2.